The second kappa shape index (κ2) is 10.1. The molecule has 0 atom stereocenters. The number of aliphatic hydroxyl groups is 2. The Bertz CT molecular complexity index is 65.5. The van der Waals surface area contributed by atoms with E-state index in [9.17, 15) is 0 Å². The van der Waals surface area contributed by atoms with Crippen LogP contribution in [0.15, 0.2) is 0 Å². The summed E-state index contributed by atoms with van der Waals surface area (Å²) < 4.78 is 0. The van der Waals surface area contributed by atoms with E-state index in [4.69, 9.17) is 10.2 Å². The Hall–Kier alpha value is 1.14. The third-order valence-corrected chi connectivity index (χ3v) is 1.28. The number of hydrogen-bond acceptors (Lipinski definition) is 3. The Balaban J connectivity index is -0.000000107. The second-order valence-electron chi connectivity index (χ2n) is 1.88. The van der Waals surface area contributed by atoms with E-state index >= 15 is 0 Å². The third-order valence-electron chi connectivity index (χ3n) is 1.28. The van der Waals surface area contributed by atoms with Gasteiger partial charge >= 0.3 is 37.7 Å². The van der Waals surface area contributed by atoms with Gasteiger partial charge in [0.25, 0.3) is 0 Å². The molecule has 0 aromatic heterocycles. The number of likely N-dealkylation sites (N-methyl/N-ethyl adjacent to an activating group) is 1. The van der Waals surface area contributed by atoms with Gasteiger partial charge in [-0.1, -0.05) is 6.92 Å². The van der Waals surface area contributed by atoms with Gasteiger partial charge in [0.1, 0.15) is 0 Å². The smallest absolute Gasteiger partial charge is 1.00 e. The van der Waals surface area contributed by atoms with Crippen LogP contribution in [0.2, 0.25) is 0 Å². The molecule has 0 aromatic rings. The summed E-state index contributed by atoms with van der Waals surface area (Å²) in [5, 5.41) is 16.9. The number of nitrogens with zero attached hydrogens (tertiary/aromatic N) is 1. The van der Waals surface area contributed by atoms with Crippen LogP contribution in [0.3, 0.4) is 0 Å². The van der Waals surface area contributed by atoms with Gasteiger partial charge in [-0.05, 0) is 6.54 Å². The maximum atomic E-state index is 8.47. The largest absolute Gasteiger partial charge is 2.00 e. The Labute approximate surface area is 95.0 Å². The van der Waals surface area contributed by atoms with E-state index in [1.807, 2.05) is 11.8 Å². The Morgan fingerprint density at radius 2 is 1.60 bits per heavy atom. The molecule has 0 radical (unpaired) electrons. The summed E-state index contributed by atoms with van der Waals surface area (Å²) in [6.07, 6.45) is 0. The van der Waals surface area contributed by atoms with Crippen molar-refractivity contribution in [1.29, 1.82) is 0 Å². The molecule has 0 amide bonds. The third kappa shape index (κ3) is 7.25. The van der Waals surface area contributed by atoms with Crippen LogP contribution in [-0.4, -0.2) is 85.7 Å². The molecule has 4 heteroatoms. The first-order valence-corrected chi connectivity index (χ1v) is 3.29. The van der Waals surface area contributed by atoms with Crippen molar-refractivity contribution in [3.8, 4) is 0 Å². The summed E-state index contributed by atoms with van der Waals surface area (Å²) in [5.74, 6) is 0. The van der Waals surface area contributed by atoms with Crippen LogP contribution in [0.4, 0.5) is 0 Å². The molecular formula is C6H17CaNO2. The zero-order chi connectivity index (χ0) is 7.11. The monoisotopic (exact) mass is 175 g/mol. The van der Waals surface area contributed by atoms with Crippen LogP contribution in [0.25, 0.3) is 0 Å². The predicted octanol–water partition coefficient (Wildman–Crippen LogP) is -0.863. The van der Waals surface area contributed by atoms with Crippen molar-refractivity contribution in [1.82, 2.24) is 4.90 Å². The molecule has 0 aliphatic rings. The minimum absolute atomic E-state index is 0. The topological polar surface area (TPSA) is 43.7 Å². The van der Waals surface area contributed by atoms with E-state index in [1.54, 1.807) is 0 Å². The number of aliphatic hydroxyl groups excluding tert-OH is 2. The van der Waals surface area contributed by atoms with E-state index in [2.05, 4.69) is 0 Å². The van der Waals surface area contributed by atoms with Crippen molar-refractivity contribution in [2.75, 3.05) is 32.8 Å². The molecule has 0 saturated heterocycles. The quantitative estimate of drug-likeness (QED) is 0.534. The van der Waals surface area contributed by atoms with Crippen LogP contribution >= 0.6 is 0 Å². The summed E-state index contributed by atoms with van der Waals surface area (Å²) in [6.45, 7) is 4.57. The predicted molar refractivity (Wildman–Crippen MR) is 44.3 cm³/mol. The molecule has 10 heavy (non-hydrogen) atoms. The van der Waals surface area contributed by atoms with Crippen LogP contribution in [0.1, 0.15) is 9.78 Å². The van der Waals surface area contributed by atoms with Gasteiger partial charge in [-0.25, -0.2) is 0 Å². The maximum Gasteiger partial charge on any atom is 2.00 e. The fourth-order valence-corrected chi connectivity index (χ4v) is 0.711. The van der Waals surface area contributed by atoms with Gasteiger partial charge in [0.05, 0.1) is 13.2 Å². The van der Waals surface area contributed by atoms with Crippen LogP contribution in [0.5, 0.6) is 0 Å². The molecule has 0 aromatic carbocycles. The molecule has 60 valence electrons. The van der Waals surface area contributed by atoms with Crippen molar-refractivity contribution in [3.63, 3.8) is 0 Å². The zero-order valence-electron chi connectivity index (χ0n) is 8.58. The van der Waals surface area contributed by atoms with Gasteiger partial charge in [-0.15, -0.1) is 0 Å². The summed E-state index contributed by atoms with van der Waals surface area (Å²) >= 11 is 0. The summed E-state index contributed by atoms with van der Waals surface area (Å²) in [7, 11) is 0. The second-order valence-corrected chi connectivity index (χ2v) is 1.88. The molecule has 0 bridgehead atoms. The van der Waals surface area contributed by atoms with Crippen LogP contribution < -0.4 is 0 Å². The molecule has 2 N–H and O–H groups in total. The van der Waals surface area contributed by atoms with Crippen molar-refractivity contribution in [2.24, 2.45) is 0 Å². The van der Waals surface area contributed by atoms with Gasteiger partial charge in [0.2, 0.25) is 0 Å². The minimum atomic E-state index is 0. The van der Waals surface area contributed by atoms with E-state index in [-0.39, 0.29) is 53.8 Å². The van der Waals surface area contributed by atoms with Gasteiger partial charge in [0.15, 0.2) is 0 Å². The molecule has 0 aliphatic heterocycles. The Morgan fingerprint density at radius 3 is 1.80 bits per heavy atom. The molecule has 0 saturated carbocycles. The zero-order valence-corrected chi connectivity index (χ0v) is 8.79. The van der Waals surface area contributed by atoms with E-state index in [1.165, 1.54) is 0 Å². The first-order chi connectivity index (χ1) is 4.35. The molecule has 0 aliphatic carbocycles. The molecule has 0 spiro atoms. The normalized spacial score (nSPS) is 9.60. The Morgan fingerprint density at radius 1 is 1.20 bits per heavy atom. The number of hydrogen-bond donors (Lipinski definition) is 2. The summed E-state index contributed by atoms with van der Waals surface area (Å²) in [5.41, 5.74) is 0. The maximum absolute atomic E-state index is 8.47. The van der Waals surface area contributed by atoms with Crippen molar-refractivity contribution >= 4 is 37.7 Å². The van der Waals surface area contributed by atoms with E-state index in [0.717, 1.165) is 6.54 Å². The molecule has 0 rings (SSSR count). The standard InChI is InChI=1S/C6H15NO2.Ca.2H/c1-2-7(3-5-8)4-6-9;;;/h8-9H,2-6H2,1H3;;;/q;+2;2*-1. The fourth-order valence-electron chi connectivity index (χ4n) is 0.711. The first-order valence-electron chi connectivity index (χ1n) is 3.29. The van der Waals surface area contributed by atoms with E-state index in [0.29, 0.717) is 13.1 Å². The minimum Gasteiger partial charge on any atom is -1.00 e. The van der Waals surface area contributed by atoms with Gasteiger partial charge in [-0.3, -0.25) is 4.90 Å². The molecule has 0 heterocycles. The van der Waals surface area contributed by atoms with Crippen LogP contribution in [-0.2, 0) is 0 Å². The Kier molecular flexibility index (Phi) is 13.9. The fraction of sp³-hybridized carbons (Fsp3) is 1.00. The van der Waals surface area contributed by atoms with Crippen molar-refractivity contribution in [2.45, 2.75) is 6.92 Å². The van der Waals surface area contributed by atoms with Gasteiger partial charge in [0, 0.05) is 13.1 Å². The number of rotatable bonds is 5. The average molecular weight is 175 g/mol. The van der Waals surface area contributed by atoms with Crippen LogP contribution in [0, 0.1) is 0 Å². The van der Waals surface area contributed by atoms with Crippen molar-refractivity contribution < 1.29 is 13.1 Å². The first kappa shape index (κ1) is 13.7. The molecule has 0 fully saturated rings. The molecule has 3 nitrogen and oxygen atoms in total. The summed E-state index contributed by atoms with van der Waals surface area (Å²) in [6, 6.07) is 0. The van der Waals surface area contributed by atoms with Gasteiger partial charge < -0.3 is 13.1 Å². The molecular weight excluding hydrogens is 158 g/mol. The van der Waals surface area contributed by atoms with Crippen molar-refractivity contribution in [3.05, 3.63) is 0 Å². The average Bonchev–Trinajstić information content (AvgIpc) is 1.88. The van der Waals surface area contributed by atoms with E-state index < -0.39 is 0 Å². The summed E-state index contributed by atoms with van der Waals surface area (Å²) in [4.78, 5) is 1.99. The van der Waals surface area contributed by atoms with Gasteiger partial charge in [-0.2, -0.15) is 0 Å². The molecule has 0 unspecified atom stereocenters. The SMILES string of the molecule is CCN(CCO)CCO.[Ca+2].[H-].[H-].